The maximum atomic E-state index is 12.2. The van der Waals surface area contributed by atoms with Gasteiger partial charge >= 0.3 is 5.97 Å². The van der Waals surface area contributed by atoms with Gasteiger partial charge in [-0.05, 0) is 28.6 Å². The lowest BCUT2D eigenvalue weighted by Crippen LogP contribution is -2.32. The third kappa shape index (κ3) is 3.14. The molecule has 0 saturated carbocycles. The molecule has 9 heteroatoms. The fraction of sp³-hybridized carbons (Fsp3) is 0.250. The molecule has 0 atom stereocenters. The molecule has 0 aliphatic rings. The molecule has 1 N–H and O–H groups in total. The van der Waals surface area contributed by atoms with Crippen LogP contribution >= 0.6 is 0 Å². The summed E-state index contributed by atoms with van der Waals surface area (Å²) in [6.45, 7) is -0.384. The molecule has 0 unspecified atom stereocenters. The van der Waals surface area contributed by atoms with Crippen LogP contribution in [0.1, 0.15) is 10.4 Å². The number of amides is 1. The Morgan fingerprint density at radius 1 is 1.43 bits per heavy atom. The van der Waals surface area contributed by atoms with Crippen LogP contribution in [-0.2, 0) is 4.79 Å². The van der Waals surface area contributed by atoms with Crippen LogP contribution in [0.3, 0.4) is 0 Å². The molecular formula is C12H13N5O4. The zero-order valence-corrected chi connectivity index (χ0v) is 11.4. The number of ether oxygens (including phenoxy) is 1. The van der Waals surface area contributed by atoms with Gasteiger partial charge < -0.3 is 14.7 Å². The Labute approximate surface area is 119 Å². The van der Waals surface area contributed by atoms with Crippen molar-refractivity contribution >= 4 is 11.9 Å². The zero-order chi connectivity index (χ0) is 15.4. The number of aliphatic carboxylic acids is 1. The van der Waals surface area contributed by atoms with E-state index in [1.807, 2.05) is 0 Å². The standard InChI is InChI=1S/C12H13N5O4/c1-16(6-11(18)19)12(20)8-3-4-10(21-2)9(5-8)17-7-13-14-15-17/h3-5,7H,6H2,1-2H3,(H,18,19). The number of carbonyl (C=O) groups is 2. The highest BCUT2D eigenvalue weighted by atomic mass is 16.5. The smallest absolute Gasteiger partial charge is 0.323 e. The van der Waals surface area contributed by atoms with Crippen LogP contribution in [0.5, 0.6) is 5.75 Å². The van der Waals surface area contributed by atoms with Crippen molar-refractivity contribution in [3.8, 4) is 11.4 Å². The first-order valence-electron chi connectivity index (χ1n) is 5.91. The first kappa shape index (κ1) is 14.4. The first-order valence-corrected chi connectivity index (χ1v) is 5.91. The van der Waals surface area contributed by atoms with Crippen LogP contribution in [0.4, 0.5) is 0 Å². The third-order valence-electron chi connectivity index (χ3n) is 2.74. The highest BCUT2D eigenvalue weighted by molar-refractivity contribution is 5.96. The van der Waals surface area contributed by atoms with Crippen molar-refractivity contribution in [1.82, 2.24) is 25.1 Å². The molecule has 0 radical (unpaired) electrons. The number of hydrogen-bond acceptors (Lipinski definition) is 6. The van der Waals surface area contributed by atoms with Crippen LogP contribution in [0.2, 0.25) is 0 Å². The summed E-state index contributed by atoms with van der Waals surface area (Å²) >= 11 is 0. The van der Waals surface area contributed by atoms with Gasteiger partial charge in [0.1, 0.15) is 24.3 Å². The first-order chi connectivity index (χ1) is 10.0. The van der Waals surface area contributed by atoms with Crippen LogP contribution < -0.4 is 4.74 Å². The van der Waals surface area contributed by atoms with E-state index in [0.717, 1.165) is 4.90 Å². The number of likely N-dealkylation sites (N-methyl/N-ethyl adjacent to an activating group) is 1. The highest BCUT2D eigenvalue weighted by Gasteiger charge is 2.17. The molecule has 0 spiro atoms. The van der Waals surface area contributed by atoms with Crippen molar-refractivity contribution in [2.75, 3.05) is 20.7 Å². The molecule has 1 aromatic carbocycles. The minimum absolute atomic E-state index is 0.310. The Balaban J connectivity index is 2.36. The summed E-state index contributed by atoms with van der Waals surface area (Å²) in [6, 6.07) is 4.68. The number of carbonyl (C=O) groups excluding carboxylic acids is 1. The fourth-order valence-electron chi connectivity index (χ4n) is 1.77. The molecule has 0 bridgehead atoms. The number of benzene rings is 1. The molecule has 110 valence electrons. The van der Waals surface area contributed by atoms with Gasteiger partial charge in [0, 0.05) is 12.6 Å². The van der Waals surface area contributed by atoms with Crippen molar-refractivity contribution in [2.45, 2.75) is 0 Å². The Kier molecular flexibility index (Phi) is 4.12. The molecule has 9 nitrogen and oxygen atoms in total. The number of rotatable bonds is 5. The monoisotopic (exact) mass is 291 g/mol. The van der Waals surface area contributed by atoms with E-state index in [-0.39, 0.29) is 6.54 Å². The molecule has 0 aliphatic carbocycles. The maximum Gasteiger partial charge on any atom is 0.323 e. The average Bonchev–Trinajstić information content (AvgIpc) is 2.99. The topological polar surface area (TPSA) is 110 Å². The summed E-state index contributed by atoms with van der Waals surface area (Å²) in [5, 5.41) is 19.5. The molecule has 1 heterocycles. The minimum atomic E-state index is -1.08. The van der Waals surface area contributed by atoms with Crippen molar-refractivity contribution in [1.29, 1.82) is 0 Å². The number of tetrazole rings is 1. The summed E-state index contributed by atoms with van der Waals surface area (Å²) < 4.78 is 6.55. The van der Waals surface area contributed by atoms with E-state index in [2.05, 4.69) is 15.5 Å². The van der Waals surface area contributed by atoms with Crippen LogP contribution in [0.15, 0.2) is 24.5 Å². The van der Waals surface area contributed by atoms with Gasteiger partial charge in [-0.25, -0.2) is 0 Å². The molecule has 2 aromatic rings. The van der Waals surface area contributed by atoms with Gasteiger partial charge in [0.2, 0.25) is 0 Å². The van der Waals surface area contributed by atoms with Crippen molar-refractivity contribution in [2.24, 2.45) is 0 Å². The summed E-state index contributed by atoms with van der Waals surface area (Å²) in [4.78, 5) is 23.9. The zero-order valence-electron chi connectivity index (χ0n) is 11.4. The number of aromatic nitrogens is 4. The lowest BCUT2D eigenvalue weighted by molar-refractivity contribution is -0.137. The molecule has 1 amide bonds. The van der Waals surface area contributed by atoms with Crippen molar-refractivity contribution < 1.29 is 19.4 Å². The van der Waals surface area contributed by atoms with E-state index in [1.165, 1.54) is 31.2 Å². The van der Waals surface area contributed by atoms with Gasteiger partial charge in [-0.1, -0.05) is 0 Å². The summed E-state index contributed by atoms with van der Waals surface area (Å²) in [5.41, 5.74) is 0.794. The highest BCUT2D eigenvalue weighted by Crippen LogP contribution is 2.23. The van der Waals surface area contributed by atoms with Crippen LogP contribution in [0.25, 0.3) is 5.69 Å². The number of hydrogen-bond donors (Lipinski definition) is 1. The van der Waals surface area contributed by atoms with Gasteiger partial charge in [-0.2, -0.15) is 4.68 Å². The number of carboxylic acids is 1. The largest absolute Gasteiger partial charge is 0.494 e. The molecule has 21 heavy (non-hydrogen) atoms. The number of methoxy groups -OCH3 is 1. The number of carboxylic acid groups (broad SMARTS) is 1. The Hall–Kier alpha value is -2.97. The van der Waals surface area contributed by atoms with E-state index in [4.69, 9.17) is 9.84 Å². The second-order valence-electron chi connectivity index (χ2n) is 4.20. The Morgan fingerprint density at radius 2 is 2.19 bits per heavy atom. The maximum absolute atomic E-state index is 12.2. The summed E-state index contributed by atoms with van der Waals surface area (Å²) in [5.74, 6) is -1.02. The van der Waals surface area contributed by atoms with Crippen molar-refractivity contribution in [3.63, 3.8) is 0 Å². The van der Waals surface area contributed by atoms with Crippen LogP contribution in [-0.4, -0.2) is 62.8 Å². The van der Waals surface area contributed by atoms with Gasteiger partial charge in [-0.15, -0.1) is 5.10 Å². The molecule has 0 aliphatic heterocycles. The van der Waals surface area contributed by atoms with Crippen molar-refractivity contribution in [3.05, 3.63) is 30.1 Å². The quantitative estimate of drug-likeness (QED) is 0.814. The van der Waals surface area contributed by atoms with Gasteiger partial charge in [-0.3, -0.25) is 9.59 Å². The average molecular weight is 291 g/mol. The fourth-order valence-corrected chi connectivity index (χ4v) is 1.77. The van der Waals surface area contributed by atoms with Crippen LogP contribution in [0, 0.1) is 0 Å². The van der Waals surface area contributed by atoms with Gasteiger partial charge in [0.25, 0.3) is 5.91 Å². The van der Waals surface area contributed by atoms with E-state index in [9.17, 15) is 9.59 Å². The molecule has 1 aromatic heterocycles. The predicted molar refractivity (Wildman–Crippen MR) is 70.3 cm³/mol. The summed E-state index contributed by atoms with van der Waals surface area (Å²) in [7, 11) is 2.90. The van der Waals surface area contributed by atoms with E-state index in [1.54, 1.807) is 12.1 Å². The lowest BCUT2D eigenvalue weighted by atomic mass is 10.1. The van der Waals surface area contributed by atoms with Gasteiger partial charge in [0.15, 0.2) is 0 Å². The molecule has 2 rings (SSSR count). The van der Waals surface area contributed by atoms with Gasteiger partial charge in [0.05, 0.1) is 7.11 Å². The number of nitrogens with zero attached hydrogens (tertiary/aromatic N) is 5. The molecule has 0 saturated heterocycles. The Morgan fingerprint density at radius 3 is 2.76 bits per heavy atom. The molecule has 0 fully saturated rings. The molecular weight excluding hydrogens is 278 g/mol. The Bertz CT molecular complexity index is 656. The summed E-state index contributed by atoms with van der Waals surface area (Å²) in [6.07, 6.45) is 1.37. The SMILES string of the molecule is COc1ccc(C(=O)N(C)CC(=O)O)cc1-n1cnnn1. The van der Waals surface area contributed by atoms with E-state index in [0.29, 0.717) is 17.0 Å². The second-order valence-corrected chi connectivity index (χ2v) is 4.20. The predicted octanol–water partition coefficient (Wildman–Crippen LogP) is -0.173. The van der Waals surface area contributed by atoms with E-state index < -0.39 is 11.9 Å². The minimum Gasteiger partial charge on any atom is -0.494 e. The lowest BCUT2D eigenvalue weighted by Gasteiger charge is -2.16. The second kappa shape index (κ2) is 5.99. The third-order valence-corrected chi connectivity index (χ3v) is 2.74. The normalized spacial score (nSPS) is 10.2. The van der Waals surface area contributed by atoms with E-state index >= 15 is 0 Å².